The zero-order valence-corrected chi connectivity index (χ0v) is 13.2. The van der Waals surface area contributed by atoms with Gasteiger partial charge in [-0.05, 0) is 45.6 Å². The van der Waals surface area contributed by atoms with Gasteiger partial charge in [-0.25, -0.2) is 0 Å². The minimum absolute atomic E-state index is 0. The fraction of sp³-hybridized carbons (Fsp3) is 0.933. The average Bonchev–Trinajstić information content (AvgIpc) is 2.47. The number of nitrogens with zero attached hydrogens (tertiary/aromatic N) is 1. The predicted octanol–water partition coefficient (Wildman–Crippen LogP) is 2.11. The van der Waals surface area contributed by atoms with Gasteiger partial charge in [0.15, 0.2) is 0 Å². The van der Waals surface area contributed by atoms with Crippen LogP contribution in [0.5, 0.6) is 0 Å². The summed E-state index contributed by atoms with van der Waals surface area (Å²) >= 11 is 0. The first-order valence-corrected chi connectivity index (χ1v) is 7.88. The van der Waals surface area contributed by atoms with E-state index in [4.69, 9.17) is 4.74 Å². The molecule has 0 aromatic rings. The van der Waals surface area contributed by atoms with Gasteiger partial charge in [0.25, 0.3) is 0 Å². The van der Waals surface area contributed by atoms with Crippen molar-refractivity contribution in [3.05, 3.63) is 0 Å². The van der Waals surface area contributed by atoms with E-state index in [1.54, 1.807) is 0 Å². The molecule has 2 heterocycles. The van der Waals surface area contributed by atoms with Crippen molar-refractivity contribution in [2.75, 3.05) is 19.7 Å². The quantitative estimate of drug-likeness (QED) is 0.806. The number of amides is 1. The molecule has 0 spiro atoms. The third-order valence-corrected chi connectivity index (χ3v) is 5.08. The Kier molecular flexibility index (Phi) is 5.32. The van der Waals surface area contributed by atoms with E-state index in [0.29, 0.717) is 24.7 Å². The van der Waals surface area contributed by atoms with Crippen LogP contribution in [0.15, 0.2) is 0 Å². The summed E-state index contributed by atoms with van der Waals surface area (Å²) in [6.45, 7) is 4.54. The summed E-state index contributed by atoms with van der Waals surface area (Å²) in [7, 11) is 0. The van der Waals surface area contributed by atoms with E-state index in [9.17, 15) is 4.79 Å². The van der Waals surface area contributed by atoms with Crippen molar-refractivity contribution in [1.29, 1.82) is 0 Å². The van der Waals surface area contributed by atoms with Gasteiger partial charge in [-0.15, -0.1) is 12.4 Å². The van der Waals surface area contributed by atoms with Gasteiger partial charge in [0, 0.05) is 6.54 Å². The fourth-order valence-electron chi connectivity index (χ4n) is 3.90. The molecule has 3 atom stereocenters. The molecule has 20 heavy (non-hydrogen) atoms. The first kappa shape index (κ1) is 16.1. The van der Waals surface area contributed by atoms with E-state index in [1.165, 1.54) is 19.3 Å². The van der Waals surface area contributed by atoms with Gasteiger partial charge in [-0.1, -0.05) is 12.8 Å². The highest BCUT2D eigenvalue weighted by molar-refractivity contribution is 5.86. The van der Waals surface area contributed by atoms with Crippen molar-refractivity contribution in [2.24, 2.45) is 0 Å². The summed E-state index contributed by atoms with van der Waals surface area (Å²) in [5.74, 6) is 0.312. The number of ether oxygens (including phenoxy) is 1. The Labute approximate surface area is 128 Å². The Morgan fingerprint density at radius 2 is 2.05 bits per heavy atom. The Balaban J connectivity index is 0.00000147. The van der Waals surface area contributed by atoms with E-state index in [-0.39, 0.29) is 17.9 Å². The summed E-state index contributed by atoms with van der Waals surface area (Å²) in [5.41, 5.74) is -0.336. The molecule has 1 saturated carbocycles. The number of hydrogen-bond donors (Lipinski definition) is 1. The van der Waals surface area contributed by atoms with Gasteiger partial charge in [0.05, 0.1) is 24.3 Å². The Morgan fingerprint density at radius 1 is 1.25 bits per heavy atom. The number of fused-ring (bicyclic) bond motifs is 1. The number of carbonyl (C=O) groups is 1. The number of nitrogens with one attached hydrogen (secondary N) is 1. The van der Waals surface area contributed by atoms with Crippen LogP contribution in [0.3, 0.4) is 0 Å². The average molecular weight is 303 g/mol. The SMILES string of the molecule is CC1(C(=O)N2CCOC3CCCCC32)CCCCN1.Cl. The highest BCUT2D eigenvalue weighted by Gasteiger charge is 2.43. The first-order valence-electron chi connectivity index (χ1n) is 7.88. The molecule has 2 aliphatic heterocycles. The highest BCUT2D eigenvalue weighted by Crippen LogP contribution is 2.31. The fourth-order valence-corrected chi connectivity index (χ4v) is 3.90. The summed E-state index contributed by atoms with van der Waals surface area (Å²) < 4.78 is 5.87. The minimum atomic E-state index is -0.336. The number of carbonyl (C=O) groups excluding carboxylic acids is 1. The molecule has 0 aromatic heterocycles. The van der Waals surface area contributed by atoms with Crippen molar-refractivity contribution < 1.29 is 9.53 Å². The Hall–Kier alpha value is -0.320. The molecule has 3 fully saturated rings. The normalized spacial score (nSPS) is 37.8. The van der Waals surface area contributed by atoms with E-state index in [2.05, 4.69) is 17.1 Å². The number of piperidine rings is 1. The Morgan fingerprint density at radius 3 is 2.80 bits per heavy atom. The number of rotatable bonds is 1. The smallest absolute Gasteiger partial charge is 0.243 e. The highest BCUT2D eigenvalue weighted by atomic mass is 35.5. The van der Waals surface area contributed by atoms with E-state index in [1.807, 2.05) is 0 Å². The van der Waals surface area contributed by atoms with Crippen LogP contribution in [0.25, 0.3) is 0 Å². The van der Waals surface area contributed by atoms with Gasteiger partial charge < -0.3 is 15.0 Å². The lowest BCUT2D eigenvalue weighted by Gasteiger charge is -2.47. The largest absolute Gasteiger partial charge is 0.374 e. The maximum absolute atomic E-state index is 12.9. The van der Waals surface area contributed by atoms with Crippen LogP contribution in [0.2, 0.25) is 0 Å². The van der Waals surface area contributed by atoms with Crippen LogP contribution < -0.4 is 5.32 Å². The van der Waals surface area contributed by atoms with Crippen molar-refractivity contribution in [2.45, 2.75) is 69.6 Å². The second-order valence-corrected chi connectivity index (χ2v) is 6.48. The minimum Gasteiger partial charge on any atom is -0.374 e. The van der Waals surface area contributed by atoms with Crippen LogP contribution >= 0.6 is 12.4 Å². The molecule has 0 aromatic carbocycles. The number of halogens is 1. The number of morpholine rings is 1. The summed E-state index contributed by atoms with van der Waals surface area (Å²) in [6, 6.07) is 0.329. The summed E-state index contributed by atoms with van der Waals surface area (Å²) in [6.07, 6.45) is 8.34. The molecule has 1 aliphatic carbocycles. The van der Waals surface area contributed by atoms with E-state index in [0.717, 1.165) is 38.8 Å². The lowest BCUT2D eigenvalue weighted by Crippen LogP contribution is -2.64. The number of hydrogen-bond acceptors (Lipinski definition) is 3. The van der Waals surface area contributed by atoms with Crippen LogP contribution in [-0.2, 0) is 9.53 Å². The van der Waals surface area contributed by atoms with Crippen molar-refractivity contribution in [1.82, 2.24) is 10.2 Å². The van der Waals surface area contributed by atoms with Gasteiger partial charge in [0.2, 0.25) is 5.91 Å². The van der Waals surface area contributed by atoms with Crippen molar-refractivity contribution in [3.63, 3.8) is 0 Å². The van der Waals surface area contributed by atoms with E-state index < -0.39 is 0 Å². The monoisotopic (exact) mass is 302 g/mol. The molecular formula is C15H27ClN2O2. The van der Waals surface area contributed by atoms with E-state index >= 15 is 0 Å². The van der Waals surface area contributed by atoms with Crippen molar-refractivity contribution in [3.8, 4) is 0 Å². The zero-order valence-electron chi connectivity index (χ0n) is 12.4. The molecule has 5 heteroatoms. The molecule has 0 bridgehead atoms. The third-order valence-electron chi connectivity index (χ3n) is 5.08. The van der Waals surface area contributed by atoms with Gasteiger partial charge in [-0.3, -0.25) is 4.79 Å². The first-order chi connectivity index (χ1) is 9.21. The molecule has 1 amide bonds. The summed E-state index contributed by atoms with van der Waals surface area (Å²) in [4.78, 5) is 15.1. The van der Waals surface area contributed by atoms with Gasteiger partial charge in [0.1, 0.15) is 0 Å². The maximum atomic E-state index is 12.9. The Bertz CT molecular complexity index is 343. The second-order valence-electron chi connectivity index (χ2n) is 6.48. The second kappa shape index (κ2) is 6.63. The van der Waals surface area contributed by atoms with Crippen LogP contribution in [0.4, 0.5) is 0 Å². The third kappa shape index (κ3) is 2.97. The molecule has 3 rings (SSSR count). The van der Waals surface area contributed by atoms with Gasteiger partial charge >= 0.3 is 0 Å². The molecule has 0 radical (unpaired) electrons. The molecule has 4 nitrogen and oxygen atoms in total. The lowest BCUT2D eigenvalue weighted by molar-refractivity contribution is -0.156. The topological polar surface area (TPSA) is 41.6 Å². The predicted molar refractivity (Wildman–Crippen MR) is 81.2 cm³/mol. The standard InChI is InChI=1S/C15H26N2O2.ClH/c1-15(8-4-5-9-16-15)14(18)17-10-11-19-13-7-3-2-6-12(13)17;/h12-13,16H,2-11H2,1H3;1H. The van der Waals surface area contributed by atoms with Crippen LogP contribution in [-0.4, -0.2) is 48.2 Å². The molecule has 1 N–H and O–H groups in total. The lowest BCUT2D eigenvalue weighted by atomic mass is 9.85. The summed E-state index contributed by atoms with van der Waals surface area (Å²) in [5, 5.41) is 3.46. The molecule has 3 aliphatic rings. The molecule has 116 valence electrons. The van der Waals surface area contributed by atoms with Crippen LogP contribution in [0, 0.1) is 0 Å². The zero-order chi connectivity index (χ0) is 13.3. The molecule has 3 unspecified atom stereocenters. The van der Waals surface area contributed by atoms with Gasteiger partial charge in [-0.2, -0.15) is 0 Å². The molecule has 2 saturated heterocycles. The van der Waals surface area contributed by atoms with Crippen molar-refractivity contribution >= 4 is 18.3 Å². The van der Waals surface area contributed by atoms with Crippen LogP contribution in [0.1, 0.15) is 51.9 Å². The maximum Gasteiger partial charge on any atom is 0.243 e. The molecular weight excluding hydrogens is 276 g/mol.